The van der Waals surface area contributed by atoms with Gasteiger partial charge in [0, 0.05) is 18.0 Å². The Bertz CT molecular complexity index is 294. The third-order valence-electron chi connectivity index (χ3n) is 1.62. The second-order valence-electron chi connectivity index (χ2n) is 2.43. The Balaban J connectivity index is 3.40. The van der Waals surface area contributed by atoms with Crippen LogP contribution in [0.15, 0.2) is 6.20 Å². The predicted molar refractivity (Wildman–Crippen MR) is 43.3 cm³/mol. The van der Waals surface area contributed by atoms with Crippen molar-refractivity contribution < 1.29 is 5.11 Å². The van der Waals surface area contributed by atoms with E-state index in [1.165, 1.54) is 0 Å². The van der Waals surface area contributed by atoms with E-state index in [1.54, 1.807) is 13.1 Å². The molecule has 0 radical (unpaired) electrons. The number of rotatable bonds is 1. The summed E-state index contributed by atoms with van der Waals surface area (Å²) in [7, 11) is 0. The van der Waals surface area contributed by atoms with Crippen LogP contribution in [-0.4, -0.2) is 16.3 Å². The SMILES string of the molecule is Cc1cnc(C)c(O)c1C=N. The second kappa shape index (κ2) is 2.70. The third kappa shape index (κ3) is 1.22. The van der Waals surface area contributed by atoms with Gasteiger partial charge in [0.05, 0.1) is 5.69 Å². The molecule has 2 N–H and O–H groups in total. The van der Waals surface area contributed by atoms with Gasteiger partial charge in [-0.15, -0.1) is 0 Å². The summed E-state index contributed by atoms with van der Waals surface area (Å²) in [5.41, 5.74) is 1.94. The summed E-state index contributed by atoms with van der Waals surface area (Å²) in [4.78, 5) is 3.93. The van der Waals surface area contributed by atoms with Gasteiger partial charge in [0.2, 0.25) is 0 Å². The molecule has 1 rings (SSSR count). The first kappa shape index (κ1) is 7.72. The fourth-order valence-electron chi connectivity index (χ4n) is 0.888. The highest BCUT2D eigenvalue weighted by atomic mass is 16.3. The molecule has 3 heteroatoms. The van der Waals surface area contributed by atoms with E-state index in [0.717, 1.165) is 11.8 Å². The van der Waals surface area contributed by atoms with Crippen molar-refractivity contribution in [3.8, 4) is 5.75 Å². The molecular formula is C8H10N2O. The van der Waals surface area contributed by atoms with Gasteiger partial charge < -0.3 is 10.5 Å². The zero-order valence-corrected chi connectivity index (χ0v) is 6.55. The van der Waals surface area contributed by atoms with Gasteiger partial charge in [-0.2, -0.15) is 0 Å². The molecule has 11 heavy (non-hydrogen) atoms. The molecule has 1 aromatic rings. The van der Waals surface area contributed by atoms with E-state index in [-0.39, 0.29) is 5.75 Å². The molecule has 0 unspecified atom stereocenters. The van der Waals surface area contributed by atoms with Crippen LogP contribution >= 0.6 is 0 Å². The van der Waals surface area contributed by atoms with Crippen LogP contribution in [0.2, 0.25) is 0 Å². The van der Waals surface area contributed by atoms with Gasteiger partial charge in [0.25, 0.3) is 0 Å². The average Bonchev–Trinajstić information content (AvgIpc) is 1.99. The molecule has 0 aliphatic rings. The molecule has 0 spiro atoms. The van der Waals surface area contributed by atoms with E-state index in [0.29, 0.717) is 11.3 Å². The molecule has 1 heterocycles. The molecule has 0 amide bonds. The zero-order chi connectivity index (χ0) is 8.43. The Hall–Kier alpha value is -1.38. The molecule has 0 bridgehead atoms. The maximum atomic E-state index is 9.36. The Kier molecular flexibility index (Phi) is 1.89. The van der Waals surface area contributed by atoms with Gasteiger partial charge in [-0.3, -0.25) is 4.98 Å². The van der Waals surface area contributed by atoms with E-state index in [1.807, 2.05) is 6.92 Å². The van der Waals surface area contributed by atoms with Gasteiger partial charge >= 0.3 is 0 Å². The molecule has 3 nitrogen and oxygen atoms in total. The number of hydrogen-bond acceptors (Lipinski definition) is 3. The number of pyridine rings is 1. The fourth-order valence-corrected chi connectivity index (χ4v) is 0.888. The lowest BCUT2D eigenvalue weighted by Gasteiger charge is -2.03. The highest BCUT2D eigenvalue weighted by molar-refractivity contribution is 5.83. The number of hydrogen-bond donors (Lipinski definition) is 2. The van der Waals surface area contributed by atoms with Crippen molar-refractivity contribution in [2.45, 2.75) is 13.8 Å². The van der Waals surface area contributed by atoms with Crippen LogP contribution in [0, 0.1) is 19.3 Å². The van der Waals surface area contributed by atoms with Crippen LogP contribution in [0.25, 0.3) is 0 Å². The zero-order valence-electron chi connectivity index (χ0n) is 6.55. The first-order valence-electron chi connectivity index (χ1n) is 3.32. The highest BCUT2D eigenvalue weighted by Crippen LogP contribution is 2.20. The summed E-state index contributed by atoms with van der Waals surface area (Å²) in [5, 5.41) is 16.4. The highest BCUT2D eigenvalue weighted by Gasteiger charge is 2.04. The number of nitrogens with one attached hydrogen (secondary N) is 1. The van der Waals surface area contributed by atoms with Gasteiger partial charge in [-0.1, -0.05) is 0 Å². The number of nitrogens with zero attached hydrogens (tertiary/aromatic N) is 1. The lowest BCUT2D eigenvalue weighted by Crippen LogP contribution is -1.92. The quantitative estimate of drug-likeness (QED) is 0.594. The lowest BCUT2D eigenvalue weighted by molar-refractivity contribution is 0.466. The third-order valence-corrected chi connectivity index (χ3v) is 1.62. The minimum atomic E-state index is 0.111. The summed E-state index contributed by atoms with van der Waals surface area (Å²) < 4.78 is 0. The van der Waals surface area contributed by atoms with Crippen LogP contribution in [0.4, 0.5) is 0 Å². The molecule has 1 aromatic heterocycles. The topological polar surface area (TPSA) is 57.0 Å². The average molecular weight is 150 g/mol. The molecule has 0 fully saturated rings. The van der Waals surface area contributed by atoms with E-state index < -0.39 is 0 Å². The first-order chi connectivity index (χ1) is 5.16. The number of aromatic nitrogens is 1. The lowest BCUT2D eigenvalue weighted by atomic mass is 10.1. The fraction of sp³-hybridized carbons (Fsp3) is 0.250. The monoisotopic (exact) mass is 150 g/mol. The molecule has 0 saturated carbocycles. The van der Waals surface area contributed by atoms with Crippen molar-refractivity contribution >= 4 is 6.21 Å². The Morgan fingerprint density at radius 3 is 2.64 bits per heavy atom. The molecule has 0 atom stereocenters. The summed E-state index contributed by atoms with van der Waals surface area (Å²) in [6.45, 7) is 3.52. The van der Waals surface area contributed by atoms with Crippen LogP contribution < -0.4 is 0 Å². The second-order valence-corrected chi connectivity index (χ2v) is 2.43. The van der Waals surface area contributed by atoms with E-state index in [9.17, 15) is 5.11 Å². The van der Waals surface area contributed by atoms with Gasteiger partial charge in [0.15, 0.2) is 0 Å². The van der Waals surface area contributed by atoms with E-state index in [4.69, 9.17) is 5.41 Å². The maximum absolute atomic E-state index is 9.36. The van der Waals surface area contributed by atoms with Crippen LogP contribution in [-0.2, 0) is 0 Å². The van der Waals surface area contributed by atoms with Crippen molar-refractivity contribution in [3.63, 3.8) is 0 Å². The number of aromatic hydroxyl groups is 1. The predicted octanol–water partition coefficient (Wildman–Crippen LogP) is 1.40. The number of aryl methyl sites for hydroxylation is 2. The minimum Gasteiger partial charge on any atom is -0.505 e. The summed E-state index contributed by atoms with van der Waals surface area (Å²) >= 11 is 0. The minimum absolute atomic E-state index is 0.111. The van der Waals surface area contributed by atoms with Crippen molar-refractivity contribution in [3.05, 3.63) is 23.0 Å². The normalized spacial score (nSPS) is 9.64. The molecule has 0 saturated heterocycles. The molecular weight excluding hydrogens is 140 g/mol. The Morgan fingerprint density at radius 1 is 1.55 bits per heavy atom. The van der Waals surface area contributed by atoms with Crippen LogP contribution in [0.1, 0.15) is 16.8 Å². The van der Waals surface area contributed by atoms with Gasteiger partial charge in [-0.05, 0) is 19.4 Å². The van der Waals surface area contributed by atoms with E-state index in [2.05, 4.69) is 4.98 Å². The Labute approximate surface area is 65.2 Å². The smallest absolute Gasteiger partial charge is 0.145 e. The van der Waals surface area contributed by atoms with Crippen molar-refractivity contribution in [2.24, 2.45) is 0 Å². The molecule has 0 aromatic carbocycles. The summed E-state index contributed by atoms with van der Waals surface area (Å²) in [6.07, 6.45) is 2.79. The summed E-state index contributed by atoms with van der Waals surface area (Å²) in [6, 6.07) is 0. The van der Waals surface area contributed by atoms with Crippen molar-refractivity contribution in [2.75, 3.05) is 0 Å². The molecule has 58 valence electrons. The summed E-state index contributed by atoms with van der Waals surface area (Å²) in [5.74, 6) is 0.111. The molecule has 0 aliphatic heterocycles. The Morgan fingerprint density at radius 2 is 2.18 bits per heavy atom. The maximum Gasteiger partial charge on any atom is 0.145 e. The largest absolute Gasteiger partial charge is 0.505 e. The first-order valence-corrected chi connectivity index (χ1v) is 3.32. The van der Waals surface area contributed by atoms with Crippen molar-refractivity contribution in [1.82, 2.24) is 4.98 Å². The van der Waals surface area contributed by atoms with Crippen molar-refractivity contribution in [1.29, 1.82) is 5.41 Å². The van der Waals surface area contributed by atoms with Crippen LogP contribution in [0.3, 0.4) is 0 Å². The molecule has 0 aliphatic carbocycles. The van der Waals surface area contributed by atoms with Crippen LogP contribution in [0.5, 0.6) is 5.75 Å². The van der Waals surface area contributed by atoms with Gasteiger partial charge in [-0.25, -0.2) is 0 Å². The standard InChI is InChI=1S/C8H10N2O/c1-5-4-10-6(2)8(11)7(5)3-9/h3-4,9,11H,1-2H3. The van der Waals surface area contributed by atoms with Gasteiger partial charge in [0.1, 0.15) is 5.75 Å². The van der Waals surface area contributed by atoms with E-state index >= 15 is 0 Å².